The van der Waals surface area contributed by atoms with Gasteiger partial charge in [-0.15, -0.1) is 0 Å². The maximum atomic E-state index is 13.0. The number of likely N-dealkylation sites (N-methyl/N-ethyl adjacent to an activating group) is 1. The largest absolute Gasteiger partial charge is 0.766 e. The third-order valence-corrected chi connectivity index (χ3v) is 6.78. The summed E-state index contributed by atoms with van der Waals surface area (Å²) in [5, 5.41) is 7.57. The fourth-order valence-corrected chi connectivity index (χ4v) is 4.53. The summed E-state index contributed by atoms with van der Waals surface area (Å²) >= 11 is 0. The van der Waals surface area contributed by atoms with Gasteiger partial charge in [0.1, 0.15) is 18.4 Å². The lowest BCUT2D eigenvalue weighted by atomic mass is 9.98. The first-order valence-electron chi connectivity index (χ1n) is 11.7. The highest BCUT2D eigenvalue weighted by Crippen LogP contribution is 2.33. The van der Waals surface area contributed by atoms with Gasteiger partial charge in [-0.2, -0.15) is 0 Å². The lowest BCUT2D eigenvalue weighted by molar-refractivity contribution is -0.203. The first-order chi connectivity index (χ1) is 16.7. The predicted octanol–water partition coefficient (Wildman–Crippen LogP) is 2.55. The summed E-state index contributed by atoms with van der Waals surface area (Å²) in [6, 6.07) is 15.1. The molecule has 0 radical (unpaired) electrons. The van der Waals surface area contributed by atoms with Crippen molar-refractivity contribution in [1.82, 2.24) is 15.7 Å². The van der Waals surface area contributed by atoms with E-state index in [0.717, 1.165) is 11.1 Å². The Balaban J connectivity index is 2.08. The fourth-order valence-electron chi connectivity index (χ4n) is 3.40. The van der Waals surface area contributed by atoms with Gasteiger partial charge in [-0.1, -0.05) is 62.7 Å². The molecular formula is C25H35N3O6P-. The van der Waals surface area contributed by atoms with Crippen LogP contribution in [0.3, 0.4) is 0 Å². The summed E-state index contributed by atoms with van der Waals surface area (Å²) in [7, 11) is -2.94. The second kappa shape index (κ2) is 14.0. The predicted molar refractivity (Wildman–Crippen MR) is 133 cm³/mol. The molecule has 2 rings (SSSR count). The van der Waals surface area contributed by atoms with Gasteiger partial charge >= 0.3 is 0 Å². The molecule has 0 aliphatic rings. The highest BCUT2D eigenvalue weighted by Gasteiger charge is 2.31. The van der Waals surface area contributed by atoms with Crippen LogP contribution in [-0.2, 0) is 31.7 Å². The van der Waals surface area contributed by atoms with Crippen LogP contribution < -0.4 is 25.4 Å². The minimum atomic E-state index is -4.42. The van der Waals surface area contributed by atoms with Gasteiger partial charge in [-0.05, 0) is 36.1 Å². The highest BCUT2D eigenvalue weighted by molar-refractivity contribution is 7.49. The molecule has 0 aliphatic carbocycles. The highest BCUT2D eigenvalue weighted by atomic mass is 31.2. The van der Waals surface area contributed by atoms with E-state index in [1.54, 1.807) is 26.0 Å². The number of nitrogens with one attached hydrogen (secondary N) is 3. The van der Waals surface area contributed by atoms with E-state index >= 15 is 0 Å². The fraction of sp³-hybridized carbons (Fsp3) is 0.440. The van der Waals surface area contributed by atoms with Gasteiger partial charge in [0.15, 0.2) is 0 Å². The van der Waals surface area contributed by atoms with Gasteiger partial charge in [-0.3, -0.25) is 14.2 Å². The number of hydrogen-bond acceptors (Lipinski definition) is 6. The van der Waals surface area contributed by atoms with Crippen LogP contribution in [0, 0.1) is 5.92 Å². The number of rotatable bonds is 14. The molecule has 0 saturated carbocycles. The Morgan fingerprint density at radius 2 is 1.66 bits per heavy atom. The van der Waals surface area contributed by atoms with E-state index in [2.05, 4.69) is 15.7 Å². The zero-order valence-corrected chi connectivity index (χ0v) is 21.5. The number of benzene rings is 2. The van der Waals surface area contributed by atoms with Crippen molar-refractivity contribution in [2.75, 3.05) is 13.7 Å². The third kappa shape index (κ3) is 9.45. The Kier molecular flexibility index (Phi) is 11.4. The van der Waals surface area contributed by atoms with E-state index in [-0.39, 0.29) is 24.9 Å². The minimum absolute atomic E-state index is 0.0471. The van der Waals surface area contributed by atoms with E-state index in [9.17, 15) is 19.0 Å². The van der Waals surface area contributed by atoms with Gasteiger partial charge in [0.2, 0.25) is 19.6 Å². The molecule has 0 heterocycles. The van der Waals surface area contributed by atoms with Gasteiger partial charge in [0.05, 0.1) is 12.6 Å². The Labute approximate surface area is 207 Å². The normalized spacial score (nSPS) is 15.3. The van der Waals surface area contributed by atoms with Gasteiger partial charge in [0.25, 0.3) is 0 Å². The molecule has 0 aliphatic heterocycles. The molecule has 3 N–H and O–H groups in total. The van der Waals surface area contributed by atoms with E-state index in [0.29, 0.717) is 18.8 Å². The smallest absolute Gasteiger partial charge is 0.242 e. The summed E-state index contributed by atoms with van der Waals surface area (Å²) < 4.78 is 22.7. The summed E-state index contributed by atoms with van der Waals surface area (Å²) in [5.41, 5.74) is 1.86. The molecule has 2 amide bonds. The molecule has 2 aromatic carbocycles. The summed E-state index contributed by atoms with van der Waals surface area (Å²) in [5.74, 6) is -0.613. The standard InChI is InChI=1S/C25H36N3O6P/c1-5-18(3)23(28-35(31,32)34-6-2)25(30)27-22(24(29)26-4)16-19-12-14-21(15-13-19)33-17-20-10-8-7-9-11-20/h7-15,18,22-23H,5-6,16-17H2,1-4H3,(H,26,29)(H,27,30)(H2,28,31,32)/p-1/t18-,22?,23-/m0/s1. The van der Waals surface area contributed by atoms with Crippen molar-refractivity contribution in [3.05, 3.63) is 65.7 Å². The number of amides is 2. The van der Waals surface area contributed by atoms with Gasteiger partial charge < -0.3 is 24.8 Å². The molecule has 0 spiro atoms. The number of hydrogen-bond donors (Lipinski definition) is 3. The van der Waals surface area contributed by atoms with E-state index in [1.807, 2.05) is 49.4 Å². The van der Waals surface area contributed by atoms with Crippen molar-refractivity contribution >= 4 is 19.6 Å². The third-order valence-electron chi connectivity index (χ3n) is 5.58. The average molecular weight is 505 g/mol. The van der Waals surface area contributed by atoms with Crippen LogP contribution in [-0.4, -0.2) is 37.6 Å². The zero-order chi connectivity index (χ0) is 25.8. The molecule has 0 bridgehead atoms. The van der Waals surface area contributed by atoms with Crippen molar-refractivity contribution in [1.29, 1.82) is 0 Å². The maximum Gasteiger partial charge on any atom is 0.242 e. The topological polar surface area (TPSA) is 129 Å². The van der Waals surface area contributed by atoms with Gasteiger partial charge in [-0.25, -0.2) is 5.09 Å². The molecule has 0 aromatic heterocycles. The Bertz CT molecular complexity index is 986. The van der Waals surface area contributed by atoms with Crippen LogP contribution in [0.2, 0.25) is 0 Å². The molecule has 35 heavy (non-hydrogen) atoms. The van der Waals surface area contributed by atoms with Crippen molar-refractivity contribution in [2.45, 2.75) is 52.3 Å². The second-order valence-electron chi connectivity index (χ2n) is 8.21. The SMILES string of the molecule is CCOP(=O)([O-])N[C@H](C(=O)NC(Cc1ccc(OCc2ccccc2)cc1)C(=O)NC)[C@@H](C)CC. The van der Waals surface area contributed by atoms with Crippen LogP contribution in [0.4, 0.5) is 0 Å². The van der Waals surface area contributed by atoms with Crippen LogP contribution >= 0.6 is 7.75 Å². The molecule has 0 saturated heterocycles. The number of carbonyl (C=O) groups excluding carboxylic acids is 2. The van der Waals surface area contributed by atoms with E-state index in [1.165, 1.54) is 7.05 Å². The lowest BCUT2D eigenvalue weighted by Crippen LogP contribution is -2.54. The first-order valence-corrected chi connectivity index (χ1v) is 13.2. The Morgan fingerprint density at radius 1 is 1.00 bits per heavy atom. The molecule has 10 heteroatoms. The number of carbonyl (C=O) groups is 2. The van der Waals surface area contributed by atoms with Crippen molar-refractivity contribution < 1.29 is 28.3 Å². The van der Waals surface area contributed by atoms with E-state index < -0.39 is 25.7 Å². The molecular weight excluding hydrogens is 469 g/mol. The van der Waals surface area contributed by atoms with E-state index in [4.69, 9.17) is 9.26 Å². The van der Waals surface area contributed by atoms with Crippen LogP contribution in [0.15, 0.2) is 54.6 Å². The van der Waals surface area contributed by atoms with Crippen LogP contribution in [0.25, 0.3) is 0 Å². The molecule has 9 nitrogen and oxygen atoms in total. The monoisotopic (exact) mass is 504 g/mol. The van der Waals surface area contributed by atoms with Crippen molar-refractivity contribution in [3.8, 4) is 5.75 Å². The zero-order valence-electron chi connectivity index (χ0n) is 20.7. The van der Waals surface area contributed by atoms with Crippen molar-refractivity contribution in [2.24, 2.45) is 5.92 Å². The summed E-state index contributed by atoms with van der Waals surface area (Å²) in [6.07, 6.45) is 0.768. The average Bonchev–Trinajstić information content (AvgIpc) is 2.86. The quantitative estimate of drug-likeness (QED) is 0.337. The molecule has 4 atom stereocenters. The summed E-state index contributed by atoms with van der Waals surface area (Å²) in [6.45, 7) is 5.54. The lowest BCUT2D eigenvalue weighted by Gasteiger charge is -2.32. The van der Waals surface area contributed by atoms with Crippen LogP contribution in [0.5, 0.6) is 5.75 Å². The molecule has 0 fully saturated rings. The second-order valence-corrected chi connectivity index (χ2v) is 9.72. The minimum Gasteiger partial charge on any atom is -0.766 e. The molecule has 2 unspecified atom stereocenters. The Morgan fingerprint density at radius 3 is 2.23 bits per heavy atom. The molecule has 192 valence electrons. The summed E-state index contributed by atoms with van der Waals surface area (Å²) in [4.78, 5) is 37.7. The molecule has 2 aromatic rings. The Hall–Kier alpha value is -2.71. The van der Waals surface area contributed by atoms with Crippen LogP contribution in [0.1, 0.15) is 38.3 Å². The number of ether oxygens (including phenoxy) is 1. The first kappa shape index (κ1) is 28.5. The maximum absolute atomic E-state index is 13.0. The van der Waals surface area contributed by atoms with Crippen molar-refractivity contribution in [3.63, 3.8) is 0 Å². The van der Waals surface area contributed by atoms with Gasteiger partial charge in [0, 0.05) is 13.5 Å².